The number of nitrogen functional groups attached to an aromatic ring is 1. The number of rotatable bonds is 3. The molecule has 3 rings (SSSR count). The zero-order valence-corrected chi connectivity index (χ0v) is 13.2. The van der Waals surface area contributed by atoms with E-state index in [1.54, 1.807) is 0 Å². The first-order valence-corrected chi connectivity index (χ1v) is 7.36. The number of nitrogens with one attached hydrogen (secondary N) is 1. The molecule has 0 aromatic heterocycles. The molecule has 0 aliphatic heterocycles. The maximum absolute atomic E-state index is 9.28. The summed E-state index contributed by atoms with van der Waals surface area (Å²) in [5, 5.41) is 11.1. The SMILES string of the molecule is CN(C)c1cccc(-c2ccc3c(C#N)cccc3c2NN)c1. The Bertz CT molecular complexity index is 907. The Labute approximate surface area is 135 Å². The third-order valence-electron chi connectivity index (χ3n) is 4.00. The van der Waals surface area contributed by atoms with Gasteiger partial charge in [0.2, 0.25) is 0 Å². The van der Waals surface area contributed by atoms with Gasteiger partial charge < -0.3 is 10.3 Å². The maximum atomic E-state index is 9.28. The van der Waals surface area contributed by atoms with Crippen LogP contribution in [0, 0.1) is 11.3 Å². The van der Waals surface area contributed by atoms with E-state index in [1.165, 1.54) is 0 Å². The average molecular weight is 302 g/mol. The largest absolute Gasteiger partial charge is 0.378 e. The van der Waals surface area contributed by atoms with Gasteiger partial charge in [0.25, 0.3) is 0 Å². The lowest BCUT2D eigenvalue weighted by Crippen LogP contribution is -2.10. The number of benzene rings is 3. The minimum atomic E-state index is 0.646. The van der Waals surface area contributed by atoms with Gasteiger partial charge in [-0.1, -0.05) is 36.4 Å². The van der Waals surface area contributed by atoms with Crippen LogP contribution in [0.2, 0.25) is 0 Å². The predicted molar refractivity (Wildman–Crippen MR) is 96.2 cm³/mol. The van der Waals surface area contributed by atoms with Gasteiger partial charge in [-0.15, -0.1) is 0 Å². The summed E-state index contributed by atoms with van der Waals surface area (Å²) in [6.07, 6.45) is 0. The fraction of sp³-hybridized carbons (Fsp3) is 0.105. The molecular weight excluding hydrogens is 284 g/mol. The Kier molecular flexibility index (Phi) is 3.88. The molecule has 4 nitrogen and oxygen atoms in total. The quantitative estimate of drug-likeness (QED) is 0.571. The number of hydrogen-bond donors (Lipinski definition) is 2. The molecule has 0 aliphatic carbocycles. The van der Waals surface area contributed by atoms with Crippen molar-refractivity contribution in [3.05, 3.63) is 60.2 Å². The number of nitrogens with two attached hydrogens (primary N) is 1. The first-order valence-electron chi connectivity index (χ1n) is 7.36. The second kappa shape index (κ2) is 5.99. The second-order valence-corrected chi connectivity index (χ2v) is 5.59. The molecule has 0 fully saturated rings. The molecule has 3 aromatic carbocycles. The minimum Gasteiger partial charge on any atom is -0.378 e. The highest BCUT2D eigenvalue weighted by Crippen LogP contribution is 2.36. The molecule has 0 aliphatic rings. The molecule has 23 heavy (non-hydrogen) atoms. The van der Waals surface area contributed by atoms with Crippen LogP contribution < -0.4 is 16.2 Å². The smallest absolute Gasteiger partial charge is 0.0998 e. The highest BCUT2D eigenvalue weighted by molar-refractivity contribution is 6.03. The van der Waals surface area contributed by atoms with Gasteiger partial charge in [0.1, 0.15) is 0 Å². The fourth-order valence-corrected chi connectivity index (χ4v) is 2.80. The summed E-state index contributed by atoms with van der Waals surface area (Å²) in [6, 6.07) is 20.2. The minimum absolute atomic E-state index is 0.646. The Morgan fingerprint density at radius 1 is 1.00 bits per heavy atom. The molecule has 0 unspecified atom stereocenters. The predicted octanol–water partition coefficient (Wildman–Crippen LogP) is 3.73. The first kappa shape index (κ1) is 14.9. The standard InChI is InChI=1S/C19H18N4/c1-23(2)15-7-3-5-13(11-15)17-10-9-16-14(12-20)6-4-8-18(16)19(17)22-21/h3-11,22H,21H2,1-2H3. The lowest BCUT2D eigenvalue weighted by atomic mass is 9.96. The van der Waals surface area contributed by atoms with Crippen LogP contribution in [0.15, 0.2) is 54.6 Å². The van der Waals surface area contributed by atoms with Crippen LogP contribution >= 0.6 is 0 Å². The van der Waals surface area contributed by atoms with Gasteiger partial charge in [-0.05, 0) is 23.8 Å². The monoisotopic (exact) mass is 302 g/mol. The van der Waals surface area contributed by atoms with Crippen LogP contribution in [0.1, 0.15) is 5.56 Å². The van der Waals surface area contributed by atoms with E-state index >= 15 is 0 Å². The Balaban J connectivity index is 2.27. The molecule has 3 N–H and O–H groups in total. The van der Waals surface area contributed by atoms with E-state index in [0.29, 0.717) is 5.56 Å². The summed E-state index contributed by atoms with van der Waals surface area (Å²) in [5.74, 6) is 5.80. The third kappa shape index (κ3) is 2.59. The van der Waals surface area contributed by atoms with E-state index in [-0.39, 0.29) is 0 Å². The summed E-state index contributed by atoms with van der Waals surface area (Å²) in [5.41, 5.74) is 7.50. The van der Waals surface area contributed by atoms with Crippen LogP contribution in [0.4, 0.5) is 11.4 Å². The number of hydrogen-bond acceptors (Lipinski definition) is 4. The van der Waals surface area contributed by atoms with Gasteiger partial charge in [-0.2, -0.15) is 5.26 Å². The number of hydrazine groups is 1. The Morgan fingerprint density at radius 3 is 2.48 bits per heavy atom. The zero-order chi connectivity index (χ0) is 16.4. The van der Waals surface area contributed by atoms with Crippen LogP contribution in [-0.4, -0.2) is 14.1 Å². The molecule has 0 atom stereocenters. The second-order valence-electron chi connectivity index (χ2n) is 5.59. The van der Waals surface area contributed by atoms with E-state index in [0.717, 1.165) is 33.3 Å². The number of anilines is 2. The van der Waals surface area contributed by atoms with E-state index in [1.807, 2.05) is 50.5 Å². The highest BCUT2D eigenvalue weighted by atomic mass is 15.2. The van der Waals surface area contributed by atoms with Crippen LogP contribution in [0.5, 0.6) is 0 Å². The van der Waals surface area contributed by atoms with Crippen molar-refractivity contribution in [1.82, 2.24) is 0 Å². The highest BCUT2D eigenvalue weighted by Gasteiger charge is 2.11. The number of nitrogens with zero attached hydrogens (tertiary/aromatic N) is 2. The van der Waals surface area contributed by atoms with E-state index in [9.17, 15) is 5.26 Å². The summed E-state index contributed by atoms with van der Waals surface area (Å²) >= 11 is 0. The normalized spacial score (nSPS) is 10.3. The van der Waals surface area contributed by atoms with Crippen molar-refractivity contribution in [2.45, 2.75) is 0 Å². The molecule has 0 amide bonds. The molecule has 0 spiro atoms. The van der Waals surface area contributed by atoms with Crippen molar-refractivity contribution < 1.29 is 0 Å². The Hall–Kier alpha value is -3.03. The Morgan fingerprint density at radius 2 is 1.78 bits per heavy atom. The van der Waals surface area contributed by atoms with Crippen LogP contribution in [0.3, 0.4) is 0 Å². The van der Waals surface area contributed by atoms with Crippen molar-refractivity contribution in [2.75, 3.05) is 24.4 Å². The van der Waals surface area contributed by atoms with Crippen LogP contribution in [0.25, 0.3) is 21.9 Å². The van der Waals surface area contributed by atoms with Gasteiger partial charge in [0.15, 0.2) is 0 Å². The number of fused-ring (bicyclic) bond motifs is 1. The van der Waals surface area contributed by atoms with Gasteiger partial charge >= 0.3 is 0 Å². The van der Waals surface area contributed by atoms with Crippen molar-refractivity contribution >= 4 is 22.1 Å². The van der Waals surface area contributed by atoms with Crippen molar-refractivity contribution in [3.63, 3.8) is 0 Å². The molecule has 114 valence electrons. The maximum Gasteiger partial charge on any atom is 0.0998 e. The van der Waals surface area contributed by atoms with Crippen molar-refractivity contribution in [3.8, 4) is 17.2 Å². The van der Waals surface area contributed by atoms with Crippen LogP contribution in [-0.2, 0) is 0 Å². The van der Waals surface area contributed by atoms with Gasteiger partial charge in [0.05, 0.1) is 17.3 Å². The van der Waals surface area contributed by atoms with Gasteiger partial charge in [-0.3, -0.25) is 5.84 Å². The van der Waals surface area contributed by atoms with E-state index in [4.69, 9.17) is 5.84 Å². The lowest BCUT2D eigenvalue weighted by molar-refractivity contribution is 1.13. The molecule has 3 aromatic rings. The summed E-state index contributed by atoms with van der Waals surface area (Å²) in [6.45, 7) is 0. The van der Waals surface area contributed by atoms with Gasteiger partial charge in [-0.25, -0.2) is 0 Å². The molecule has 0 heterocycles. The van der Waals surface area contributed by atoms with Gasteiger partial charge in [0, 0.05) is 36.1 Å². The summed E-state index contributed by atoms with van der Waals surface area (Å²) < 4.78 is 0. The first-order chi connectivity index (χ1) is 11.2. The molecule has 0 bridgehead atoms. The van der Waals surface area contributed by atoms with Crippen molar-refractivity contribution in [1.29, 1.82) is 5.26 Å². The molecule has 0 saturated carbocycles. The molecule has 4 heteroatoms. The third-order valence-corrected chi connectivity index (χ3v) is 4.00. The molecular formula is C19H18N4. The summed E-state index contributed by atoms with van der Waals surface area (Å²) in [7, 11) is 4.03. The topological polar surface area (TPSA) is 65.1 Å². The molecule has 0 radical (unpaired) electrons. The summed E-state index contributed by atoms with van der Waals surface area (Å²) in [4.78, 5) is 2.06. The number of nitriles is 1. The zero-order valence-electron chi connectivity index (χ0n) is 13.2. The average Bonchev–Trinajstić information content (AvgIpc) is 2.60. The van der Waals surface area contributed by atoms with E-state index in [2.05, 4.69) is 34.6 Å². The fourth-order valence-electron chi connectivity index (χ4n) is 2.80. The molecule has 0 saturated heterocycles. The lowest BCUT2D eigenvalue weighted by Gasteiger charge is -2.16. The van der Waals surface area contributed by atoms with Crippen molar-refractivity contribution in [2.24, 2.45) is 5.84 Å². The van der Waals surface area contributed by atoms with E-state index < -0.39 is 0 Å².